The molecule has 0 unspecified atom stereocenters. The summed E-state index contributed by atoms with van der Waals surface area (Å²) in [4.78, 5) is 24.2. The molecule has 3 aliphatic rings. The van der Waals surface area contributed by atoms with Gasteiger partial charge in [-0.3, -0.25) is 9.59 Å². The van der Waals surface area contributed by atoms with E-state index in [9.17, 15) is 9.59 Å². The van der Waals surface area contributed by atoms with E-state index >= 15 is 0 Å². The van der Waals surface area contributed by atoms with Gasteiger partial charge in [0.25, 0.3) is 0 Å². The van der Waals surface area contributed by atoms with Crippen LogP contribution in [0, 0.1) is 17.3 Å². The van der Waals surface area contributed by atoms with Gasteiger partial charge in [-0.25, -0.2) is 0 Å². The Labute approximate surface area is 140 Å². The van der Waals surface area contributed by atoms with E-state index in [0.717, 1.165) is 6.42 Å². The maximum atomic E-state index is 12.5. The molecule has 5 heteroatoms. The lowest BCUT2D eigenvalue weighted by atomic mass is 9.50. The minimum absolute atomic E-state index is 0.0405. The lowest BCUT2D eigenvalue weighted by molar-refractivity contribution is -0.184. The van der Waals surface area contributed by atoms with Crippen molar-refractivity contribution in [1.82, 2.24) is 0 Å². The van der Waals surface area contributed by atoms with Crippen LogP contribution in [0.3, 0.4) is 0 Å². The van der Waals surface area contributed by atoms with Crippen LogP contribution in [0.2, 0.25) is 19.6 Å². The fourth-order valence-electron chi connectivity index (χ4n) is 4.94. The quantitative estimate of drug-likeness (QED) is 0.445. The maximum absolute atomic E-state index is 12.5. The molecule has 3 aliphatic carbocycles. The zero-order chi connectivity index (χ0) is 17.8. The van der Waals surface area contributed by atoms with Gasteiger partial charge in [0, 0.05) is 12.8 Å². The number of esters is 1. The zero-order valence-corrected chi connectivity index (χ0v) is 16.6. The number of carbonyl (C=O) groups excluding carboxylic acids is 2. The summed E-state index contributed by atoms with van der Waals surface area (Å²) in [5, 5.41) is 0. The van der Waals surface area contributed by atoms with E-state index in [2.05, 4.69) is 46.5 Å². The molecular formula is C18H30O4Si. The second-order valence-electron chi connectivity index (χ2n) is 8.86. The lowest BCUT2D eigenvalue weighted by Crippen LogP contribution is -2.66. The molecule has 0 aromatic heterocycles. The Kier molecular flexibility index (Phi) is 4.44. The molecule has 2 bridgehead atoms. The molecule has 0 amide bonds. The molecule has 1 saturated carbocycles. The average Bonchev–Trinajstić information content (AvgIpc) is 2.19. The first kappa shape index (κ1) is 18.4. The molecule has 0 aromatic rings. The van der Waals surface area contributed by atoms with Crippen LogP contribution in [-0.2, 0) is 18.8 Å². The fraction of sp³-hybridized carbons (Fsp3) is 0.778. The minimum Gasteiger partial charge on any atom is -0.461 e. The number of hydrogen-bond acceptors (Lipinski definition) is 4. The summed E-state index contributed by atoms with van der Waals surface area (Å²) < 4.78 is 12.3. The topological polar surface area (TPSA) is 52.6 Å². The molecule has 3 rings (SSSR count). The van der Waals surface area contributed by atoms with E-state index in [1.54, 1.807) is 6.92 Å². The van der Waals surface area contributed by atoms with E-state index in [1.165, 1.54) is 12.5 Å². The third-order valence-electron chi connectivity index (χ3n) is 4.96. The molecule has 4 nitrogen and oxygen atoms in total. The molecule has 0 aliphatic heterocycles. The summed E-state index contributed by atoms with van der Waals surface area (Å²) in [5.74, 6) is -0.647. The smallest absolute Gasteiger partial charge is 0.302 e. The molecule has 1 fully saturated rings. The minimum atomic E-state index is -1.90. The normalized spacial score (nSPS) is 35.7. The van der Waals surface area contributed by atoms with Crippen molar-refractivity contribution in [3.63, 3.8) is 0 Å². The highest BCUT2D eigenvalue weighted by Gasteiger charge is 2.63. The highest BCUT2D eigenvalue weighted by atomic mass is 28.4. The molecule has 130 valence electrons. The number of Topliss-reactive ketones (excluding diaryl/α,β-unsaturated/α-hetero) is 1. The Balaban J connectivity index is 2.62. The molecular weight excluding hydrogens is 308 g/mol. The standard InChI is InChI=1S/C18H30O4Si/c1-11-9-18(22-23(6,7)8)10-17(4,5)14(11)16(21-13(3)20)15(18)12(2)19/h9,14-16H,10H2,1-8H3/t14-,15+,16+,18+/m0/s1. The van der Waals surface area contributed by atoms with Crippen molar-refractivity contribution < 1.29 is 18.8 Å². The van der Waals surface area contributed by atoms with Crippen LogP contribution in [0.4, 0.5) is 0 Å². The molecule has 0 aromatic carbocycles. The van der Waals surface area contributed by atoms with Crippen LogP contribution in [0.1, 0.15) is 41.0 Å². The number of fused-ring (bicyclic) bond motifs is 2. The highest BCUT2D eigenvalue weighted by molar-refractivity contribution is 6.69. The van der Waals surface area contributed by atoms with E-state index in [0.29, 0.717) is 0 Å². The van der Waals surface area contributed by atoms with Gasteiger partial charge in [0.2, 0.25) is 0 Å². The number of hydrogen-bond donors (Lipinski definition) is 0. The first-order valence-electron chi connectivity index (χ1n) is 8.36. The van der Waals surface area contributed by atoms with Gasteiger partial charge in [0.1, 0.15) is 11.9 Å². The van der Waals surface area contributed by atoms with Crippen molar-refractivity contribution in [3.05, 3.63) is 11.6 Å². The van der Waals surface area contributed by atoms with E-state index in [4.69, 9.17) is 9.16 Å². The van der Waals surface area contributed by atoms with Crippen LogP contribution in [-0.4, -0.2) is 31.8 Å². The van der Waals surface area contributed by atoms with Crippen molar-refractivity contribution in [2.24, 2.45) is 17.3 Å². The summed E-state index contributed by atoms with van der Waals surface area (Å²) in [7, 11) is -1.90. The number of ketones is 1. The molecule has 23 heavy (non-hydrogen) atoms. The molecule has 0 radical (unpaired) electrons. The maximum Gasteiger partial charge on any atom is 0.302 e. The van der Waals surface area contributed by atoms with Crippen molar-refractivity contribution in [2.45, 2.75) is 72.4 Å². The van der Waals surface area contributed by atoms with Crippen LogP contribution >= 0.6 is 0 Å². The first-order chi connectivity index (χ1) is 10.3. The highest BCUT2D eigenvalue weighted by Crippen LogP contribution is 2.59. The molecule has 0 spiro atoms. The van der Waals surface area contributed by atoms with Gasteiger partial charge in [-0.1, -0.05) is 25.5 Å². The number of rotatable bonds is 4. The largest absolute Gasteiger partial charge is 0.461 e. The van der Waals surface area contributed by atoms with Gasteiger partial charge >= 0.3 is 5.97 Å². The predicted molar refractivity (Wildman–Crippen MR) is 92.5 cm³/mol. The molecule has 0 heterocycles. The van der Waals surface area contributed by atoms with Crippen LogP contribution in [0.5, 0.6) is 0 Å². The third-order valence-corrected chi connectivity index (χ3v) is 5.95. The van der Waals surface area contributed by atoms with Crippen molar-refractivity contribution >= 4 is 20.1 Å². The Morgan fingerprint density at radius 3 is 2.17 bits per heavy atom. The van der Waals surface area contributed by atoms with Gasteiger partial charge < -0.3 is 9.16 Å². The Bertz CT molecular complexity index is 558. The van der Waals surface area contributed by atoms with Gasteiger partial charge in [0.05, 0.1) is 11.5 Å². The summed E-state index contributed by atoms with van der Waals surface area (Å²) in [5.41, 5.74) is 0.437. The van der Waals surface area contributed by atoms with Crippen LogP contribution < -0.4 is 0 Å². The molecule has 4 atom stereocenters. The zero-order valence-electron chi connectivity index (χ0n) is 15.6. The van der Waals surface area contributed by atoms with Gasteiger partial charge in [-0.05, 0) is 45.3 Å². The summed E-state index contributed by atoms with van der Waals surface area (Å²) >= 11 is 0. The van der Waals surface area contributed by atoms with Crippen LogP contribution in [0.15, 0.2) is 11.6 Å². The monoisotopic (exact) mass is 338 g/mol. The van der Waals surface area contributed by atoms with Gasteiger partial charge in [0.15, 0.2) is 8.32 Å². The Morgan fingerprint density at radius 1 is 1.22 bits per heavy atom. The molecule has 0 N–H and O–H groups in total. The Morgan fingerprint density at radius 2 is 1.78 bits per heavy atom. The SMILES string of the molecule is CC(=O)O[C@H]1[C@@H](C(C)=O)[C@@]2(O[Si](C)(C)C)C=C(C)[C@@H]1C(C)(C)C2. The van der Waals surface area contributed by atoms with Gasteiger partial charge in [-0.2, -0.15) is 0 Å². The van der Waals surface area contributed by atoms with Crippen molar-refractivity contribution in [2.75, 3.05) is 0 Å². The number of ether oxygens (including phenoxy) is 1. The van der Waals surface area contributed by atoms with Crippen molar-refractivity contribution in [1.29, 1.82) is 0 Å². The molecule has 0 saturated heterocycles. The third kappa shape index (κ3) is 3.31. The average molecular weight is 339 g/mol. The van der Waals surface area contributed by atoms with E-state index in [1.807, 2.05) is 0 Å². The second-order valence-corrected chi connectivity index (χ2v) is 13.3. The predicted octanol–water partition coefficient (Wildman–Crippen LogP) is 3.72. The van der Waals surface area contributed by atoms with E-state index in [-0.39, 0.29) is 23.1 Å². The Hall–Kier alpha value is -0.943. The van der Waals surface area contributed by atoms with Gasteiger partial charge in [-0.15, -0.1) is 0 Å². The summed E-state index contributed by atoms with van der Waals surface area (Å²) in [6.07, 6.45) is 2.50. The van der Waals surface area contributed by atoms with Crippen LogP contribution in [0.25, 0.3) is 0 Å². The lowest BCUT2D eigenvalue weighted by Gasteiger charge is -2.60. The van der Waals surface area contributed by atoms with Crippen molar-refractivity contribution in [3.8, 4) is 0 Å². The fourth-order valence-corrected chi connectivity index (χ4v) is 6.34. The van der Waals surface area contributed by atoms with E-state index < -0.39 is 25.9 Å². The summed E-state index contributed by atoms with van der Waals surface area (Å²) in [6, 6.07) is 0. The second kappa shape index (κ2) is 5.55. The first-order valence-corrected chi connectivity index (χ1v) is 11.8. The summed E-state index contributed by atoms with van der Waals surface area (Å²) in [6.45, 7) is 15.8. The number of carbonyl (C=O) groups is 2.